The fraction of sp³-hybridized carbons (Fsp3) is 0.143. The summed E-state index contributed by atoms with van der Waals surface area (Å²) in [5, 5.41) is 7.41. The Labute approximate surface area is 178 Å². The molecule has 156 valence electrons. The first kappa shape index (κ1) is 20.0. The van der Waals surface area contributed by atoms with E-state index in [-0.39, 0.29) is 24.3 Å². The summed E-state index contributed by atoms with van der Waals surface area (Å²) in [6.45, 7) is 3.68. The minimum Gasteiger partial charge on any atom is -0.454 e. The van der Waals surface area contributed by atoms with Crippen molar-refractivity contribution in [3.8, 4) is 5.82 Å². The zero-order valence-electron chi connectivity index (χ0n) is 17.0. The second-order valence-electron chi connectivity index (χ2n) is 6.74. The number of nitrogens with one attached hydrogen (secondary N) is 1. The Hall–Kier alpha value is -4.34. The van der Waals surface area contributed by atoms with Crippen molar-refractivity contribution in [3.05, 3.63) is 77.5 Å². The van der Waals surface area contributed by atoms with Crippen LogP contribution in [0.25, 0.3) is 5.82 Å². The molecule has 0 fully saturated rings. The van der Waals surface area contributed by atoms with Crippen LogP contribution >= 0.6 is 0 Å². The van der Waals surface area contributed by atoms with Gasteiger partial charge in [0.05, 0.1) is 11.3 Å². The molecule has 1 aromatic carbocycles. The molecule has 0 aliphatic rings. The van der Waals surface area contributed by atoms with Gasteiger partial charge in [-0.05, 0) is 44.2 Å². The number of benzene rings is 1. The van der Waals surface area contributed by atoms with Crippen LogP contribution in [0.15, 0.2) is 54.7 Å². The summed E-state index contributed by atoms with van der Waals surface area (Å²) in [6.07, 6.45) is 1.44. The third-order valence-electron chi connectivity index (χ3n) is 4.27. The lowest BCUT2D eigenvalue weighted by atomic mass is 10.3. The number of carbonyl (C=O) groups is 1. The Kier molecular flexibility index (Phi) is 5.52. The van der Waals surface area contributed by atoms with Crippen molar-refractivity contribution in [2.75, 3.05) is 11.1 Å². The minimum absolute atomic E-state index is 0.0235. The van der Waals surface area contributed by atoms with Gasteiger partial charge < -0.3 is 15.8 Å². The van der Waals surface area contributed by atoms with Crippen LogP contribution < -0.4 is 11.1 Å². The van der Waals surface area contributed by atoms with Gasteiger partial charge in [-0.15, -0.1) is 0 Å². The molecule has 0 saturated heterocycles. The predicted octanol–water partition coefficient (Wildman–Crippen LogP) is 2.75. The van der Waals surface area contributed by atoms with Crippen LogP contribution in [0.4, 0.5) is 17.6 Å². The molecule has 0 unspecified atom stereocenters. The van der Waals surface area contributed by atoms with E-state index in [9.17, 15) is 4.79 Å². The number of aromatic nitrogens is 6. The second-order valence-corrected chi connectivity index (χ2v) is 6.74. The summed E-state index contributed by atoms with van der Waals surface area (Å²) in [5.74, 6) is 0.579. The molecule has 10 nitrogen and oxygen atoms in total. The van der Waals surface area contributed by atoms with Gasteiger partial charge >= 0.3 is 5.97 Å². The zero-order chi connectivity index (χ0) is 21.8. The third-order valence-corrected chi connectivity index (χ3v) is 4.27. The molecule has 3 heterocycles. The van der Waals surface area contributed by atoms with Crippen LogP contribution in [0.5, 0.6) is 0 Å². The first-order valence-corrected chi connectivity index (χ1v) is 9.47. The molecular weight excluding hydrogens is 396 g/mol. The van der Waals surface area contributed by atoms with Crippen LogP contribution in [0.1, 0.15) is 27.6 Å². The van der Waals surface area contributed by atoms with Crippen LogP contribution in [-0.2, 0) is 11.3 Å². The molecule has 3 N–H and O–H groups in total. The quantitative estimate of drug-likeness (QED) is 0.455. The van der Waals surface area contributed by atoms with E-state index in [2.05, 4.69) is 30.4 Å². The number of rotatable bonds is 6. The van der Waals surface area contributed by atoms with E-state index in [1.165, 1.54) is 6.20 Å². The first-order chi connectivity index (χ1) is 15.0. The van der Waals surface area contributed by atoms with Crippen molar-refractivity contribution in [2.24, 2.45) is 0 Å². The summed E-state index contributed by atoms with van der Waals surface area (Å²) < 4.78 is 7.02. The number of hydrogen-bond acceptors (Lipinski definition) is 9. The molecule has 0 spiro atoms. The van der Waals surface area contributed by atoms with Gasteiger partial charge in [-0.2, -0.15) is 20.1 Å². The molecule has 31 heavy (non-hydrogen) atoms. The fourth-order valence-electron chi connectivity index (χ4n) is 2.92. The highest BCUT2D eigenvalue weighted by atomic mass is 16.5. The Balaban J connectivity index is 1.42. The van der Waals surface area contributed by atoms with Gasteiger partial charge in [0.15, 0.2) is 18.2 Å². The van der Waals surface area contributed by atoms with Crippen molar-refractivity contribution < 1.29 is 9.53 Å². The number of aryl methyl sites for hydroxylation is 2. The Morgan fingerprint density at radius 3 is 2.58 bits per heavy atom. The minimum atomic E-state index is -0.552. The van der Waals surface area contributed by atoms with Crippen molar-refractivity contribution in [1.82, 2.24) is 29.7 Å². The van der Waals surface area contributed by atoms with E-state index < -0.39 is 5.97 Å². The number of anilines is 3. The fourth-order valence-corrected chi connectivity index (χ4v) is 2.92. The highest BCUT2D eigenvalue weighted by Gasteiger charge is 2.12. The average molecular weight is 416 g/mol. The molecule has 0 radical (unpaired) electrons. The maximum Gasteiger partial charge on any atom is 0.340 e. The lowest BCUT2D eigenvalue weighted by Gasteiger charge is -2.08. The first-order valence-electron chi connectivity index (χ1n) is 9.47. The number of carbonyl (C=O) groups excluding carboxylic acids is 1. The Bertz CT molecular complexity index is 1210. The molecule has 4 rings (SSSR count). The maximum absolute atomic E-state index is 12.4. The molecule has 0 amide bonds. The Morgan fingerprint density at radius 1 is 1.10 bits per heavy atom. The van der Waals surface area contributed by atoms with Gasteiger partial charge in [0.25, 0.3) is 0 Å². The Morgan fingerprint density at radius 2 is 1.90 bits per heavy atom. The molecular formula is C21H20N8O2. The molecule has 10 heteroatoms. The molecule has 0 aliphatic heterocycles. The van der Waals surface area contributed by atoms with Crippen LogP contribution in [0, 0.1) is 13.8 Å². The molecule has 0 aliphatic carbocycles. The molecule has 0 saturated carbocycles. The van der Waals surface area contributed by atoms with Crippen LogP contribution in [0.2, 0.25) is 0 Å². The number of para-hydroxylation sites is 1. The van der Waals surface area contributed by atoms with Crippen molar-refractivity contribution >= 4 is 23.6 Å². The zero-order valence-corrected chi connectivity index (χ0v) is 17.0. The van der Waals surface area contributed by atoms with Gasteiger partial charge in [-0.1, -0.05) is 18.2 Å². The van der Waals surface area contributed by atoms with Crippen molar-refractivity contribution in [1.29, 1.82) is 0 Å². The van der Waals surface area contributed by atoms with E-state index >= 15 is 0 Å². The van der Waals surface area contributed by atoms with Crippen LogP contribution in [-0.4, -0.2) is 35.7 Å². The number of esters is 1. The summed E-state index contributed by atoms with van der Waals surface area (Å²) in [5.41, 5.74) is 8.69. The van der Waals surface area contributed by atoms with E-state index in [0.717, 1.165) is 17.1 Å². The number of ether oxygens (including phenoxy) is 1. The lowest BCUT2D eigenvalue weighted by molar-refractivity contribution is 0.0461. The van der Waals surface area contributed by atoms with Gasteiger partial charge in [0, 0.05) is 17.6 Å². The number of nitrogens with two attached hydrogens (primary N) is 1. The normalized spacial score (nSPS) is 10.6. The molecule has 3 aromatic heterocycles. The monoisotopic (exact) mass is 416 g/mol. The summed E-state index contributed by atoms with van der Waals surface area (Å²) >= 11 is 0. The van der Waals surface area contributed by atoms with Gasteiger partial charge in [0.2, 0.25) is 11.9 Å². The van der Waals surface area contributed by atoms with Crippen molar-refractivity contribution in [2.45, 2.75) is 20.5 Å². The smallest absolute Gasteiger partial charge is 0.340 e. The summed E-state index contributed by atoms with van der Waals surface area (Å²) in [6, 6.07) is 14.7. The number of pyridine rings is 1. The molecule has 4 aromatic rings. The van der Waals surface area contributed by atoms with Crippen LogP contribution in [0.3, 0.4) is 0 Å². The topological polar surface area (TPSA) is 134 Å². The van der Waals surface area contributed by atoms with E-state index in [1.54, 1.807) is 16.8 Å². The molecule has 0 bridgehead atoms. The number of nitrogens with zero attached hydrogens (tertiary/aromatic N) is 6. The standard InChI is InChI=1S/C21H20N8O2/c1-13-10-14(2)29(28-13)18-9-8-15(11-23-18)19(30)31-12-17-25-20(22)27-21(26-17)24-16-6-4-3-5-7-16/h3-11H,12H2,1-2H3,(H3,22,24,25,26,27). The van der Waals surface area contributed by atoms with Gasteiger partial charge in [-0.25, -0.2) is 14.5 Å². The largest absolute Gasteiger partial charge is 0.454 e. The molecule has 0 atom stereocenters. The second kappa shape index (κ2) is 8.57. The van der Waals surface area contributed by atoms with Gasteiger partial charge in [0.1, 0.15) is 0 Å². The lowest BCUT2D eigenvalue weighted by Crippen LogP contribution is -2.12. The predicted molar refractivity (Wildman–Crippen MR) is 114 cm³/mol. The number of hydrogen-bond donors (Lipinski definition) is 2. The maximum atomic E-state index is 12.4. The van der Waals surface area contributed by atoms with E-state index in [4.69, 9.17) is 10.5 Å². The van der Waals surface area contributed by atoms with Gasteiger partial charge in [-0.3, -0.25) is 0 Å². The SMILES string of the molecule is Cc1cc(C)n(-c2ccc(C(=O)OCc3nc(N)nc(Nc4ccccc4)n3)cn2)n1. The highest BCUT2D eigenvalue weighted by Crippen LogP contribution is 2.14. The highest BCUT2D eigenvalue weighted by molar-refractivity contribution is 5.89. The number of nitrogen functional groups attached to an aromatic ring is 1. The third kappa shape index (κ3) is 4.81. The summed E-state index contributed by atoms with van der Waals surface area (Å²) in [7, 11) is 0. The van der Waals surface area contributed by atoms with Crippen molar-refractivity contribution in [3.63, 3.8) is 0 Å². The van der Waals surface area contributed by atoms with E-state index in [1.807, 2.05) is 50.2 Å². The summed E-state index contributed by atoms with van der Waals surface area (Å²) in [4.78, 5) is 29.0. The van der Waals surface area contributed by atoms with E-state index in [0.29, 0.717) is 11.4 Å². The average Bonchev–Trinajstić information content (AvgIpc) is 3.10.